The number of rotatable bonds is 5. The number of aryl methyl sites for hydroxylation is 2. The van der Waals surface area contributed by atoms with E-state index < -0.39 is 34.6 Å². The lowest BCUT2D eigenvalue weighted by atomic mass is 10.0. The van der Waals surface area contributed by atoms with Gasteiger partial charge >= 0.3 is 0 Å². The van der Waals surface area contributed by atoms with Crippen LogP contribution in [0.5, 0.6) is 0 Å². The standard InChI is InChI=1S/C29H21F3N4O2S/c1-15-7-9-18(33-28(38)17-8-11-21(30)16(2)13-17)14-20(15)25-19-10-12-24(37)36(27(19)35-29(34-25)39-3)26-22(31)5-4-6-23(26)32/h4-14H,1-3H3,(H,33,38). The molecule has 39 heavy (non-hydrogen) atoms. The third-order valence-corrected chi connectivity index (χ3v) is 6.79. The van der Waals surface area contributed by atoms with Gasteiger partial charge < -0.3 is 5.32 Å². The summed E-state index contributed by atoms with van der Waals surface area (Å²) < 4.78 is 44.1. The van der Waals surface area contributed by atoms with E-state index in [1.807, 2.05) is 6.92 Å². The Bertz CT molecular complexity index is 1820. The molecule has 2 heterocycles. The molecule has 10 heteroatoms. The molecule has 196 valence electrons. The number of aromatic nitrogens is 3. The number of nitrogens with zero attached hydrogens (tertiary/aromatic N) is 3. The van der Waals surface area contributed by atoms with Gasteiger partial charge in [-0.05, 0) is 79.8 Å². The van der Waals surface area contributed by atoms with Crippen LogP contribution in [0.25, 0.3) is 28.0 Å². The Morgan fingerprint density at radius 2 is 1.62 bits per heavy atom. The predicted octanol–water partition coefficient (Wildman–Crippen LogP) is 6.46. The summed E-state index contributed by atoms with van der Waals surface area (Å²) in [6.07, 6.45) is 1.74. The molecule has 0 atom stereocenters. The summed E-state index contributed by atoms with van der Waals surface area (Å²) in [4.78, 5) is 34.8. The first-order valence-corrected chi connectivity index (χ1v) is 13.0. The Balaban J connectivity index is 1.68. The summed E-state index contributed by atoms with van der Waals surface area (Å²) in [5.74, 6) is -2.65. The van der Waals surface area contributed by atoms with Crippen molar-refractivity contribution in [2.45, 2.75) is 19.0 Å². The van der Waals surface area contributed by atoms with Crippen molar-refractivity contribution in [1.82, 2.24) is 14.5 Å². The highest BCUT2D eigenvalue weighted by Gasteiger charge is 2.20. The van der Waals surface area contributed by atoms with Crippen molar-refractivity contribution in [2.75, 3.05) is 11.6 Å². The normalized spacial score (nSPS) is 11.1. The van der Waals surface area contributed by atoms with E-state index in [2.05, 4.69) is 15.3 Å². The highest BCUT2D eigenvalue weighted by Crippen LogP contribution is 2.33. The SMILES string of the molecule is CSc1nc(-c2cc(NC(=O)c3ccc(F)c(C)c3)ccc2C)c2ccc(=O)n(-c3c(F)cccc3F)c2n1. The molecule has 0 aliphatic heterocycles. The Labute approximate surface area is 225 Å². The van der Waals surface area contributed by atoms with Crippen LogP contribution in [0.15, 0.2) is 76.7 Å². The minimum atomic E-state index is -0.910. The van der Waals surface area contributed by atoms with E-state index in [0.29, 0.717) is 33.5 Å². The van der Waals surface area contributed by atoms with E-state index in [4.69, 9.17) is 0 Å². The fourth-order valence-electron chi connectivity index (χ4n) is 4.25. The van der Waals surface area contributed by atoms with Crippen LogP contribution in [-0.2, 0) is 0 Å². The molecular formula is C29H21F3N4O2S. The van der Waals surface area contributed by atoms with Gasteiger partial charge in [-0.15, -0.1) is 0 Å². The summed E-state index contributed by atoms with van der Waals surface area (Å²) >= 11 is 1.21. The van der Waals surface area contributed by atoms with Crippen LogP contribution in [-0.4, -0.2) is 26.7 Å². The molecule has 0 saturated carbocycles. The van der Waals surface area contributed by atoms with Gasteiger partial charge in [0.05, 0.1) is 5.69 Å². The Kier molecular flexibility index (Phi) is 6.96. The molecule has 0 radical (unpaired) electrons. The predicted molar refractivity (Wildman–Crippen MR) is 146 cm³/mol. The topological polar surface area (TPSA) is 76.9 Å². The smallest absolute Gasteiger partial charge is 0.256 e. The fraction of sp³-hybridized carbons (Fsp3) is 0.103. The first-order valence-electron chi connectivity index (χ1n) is 11.8. The third kappa shape index (κ3) is 4.90. The maximum atomic E-state index is 14.8. The number of nitrogens with one attached hydrogen (secondary N) is 1. The van der Waals surface area contributed by atoms with Crippen LogP contribution in [0.4, 0.5) is 18.9 Å². The number of pyridine rings is 1. The van der Waals surface area contributed by atoms with E-state index in [9.17, 15) is 22.8 Å². The van der Waals surface area contributed by atoms with Crippen molar-refractivity contribution in [1.29, 1.82) is 0 Å². The van der Waals surface area contributed by atoms with Crippen molar-refractivity contribution in [3.8, 4) is 16.9 Å². The number of para-hydroxylation sites is 1. The quantitative estimate of drug-likeness (QED) is 0.202. The molecule has 5 rings (SSSR count). The molecule has 3 aromatic carbocycles. The molecule has 6 nitrogen and oxygen atoms in total. The highest BCUT2D eigenvalue weighted by atomic mass is 32.2. The van der Waals surface area contributed by atoms with Crippen LogP contribution < -0.4 is 10.9 Å². The number of hydrogen-bond acceptors (Lipinski definition) is 5. The maximum Gasteiger partial charge on any atom is 0.256 e. The average molecular weight is 547 g/mol. The van der Waals surface area contributed by atoms with Gasteiger partial charge in [-0.2, -0.15) is 0 Å². The molecule has 0 unspecified atom stereocenters. The minimum Gasteiger partial charge on any atom is -0.322 e. The number of anilines is 1. The molecule has 0 saturated heterocycles. The van der Waals surface area contributed by atoms with Crippen LogP contribution in [0, 0.1) is 31.3 Å². The second kappa shape index (κ2) is 10.4. The summed E-state index contributed by atoms with van der Waals surface area (Å²) in [7, 11) is 0. The van der Waals surface area contributed by atoms with Crippen LogP contribution in [0.3, 0.4) is 0 Å². The van der Waals surface area contributed by atoms with Crippen molar-refractivity contribution in [2.24, 2.45) is 0 Å². The summed E-state index contributed by atoms with van der Waals surface area (Å²) in [5.41, 5.74) is 1.78. The number of amides is 1. The largest absolute Gasteiger partial charge is 0.322 e. The number of carbonyl (C=O) groups excluding carboxylic acids is 1. The molecular weight excluding hydrogens is 525 g/mol. The van der Waals surface area contributed by atoms with Gasteiger partial charge in [0.2, 0.25) is 0 Å². The van der Waals surface area contributed by atoms with Crippen LogP contribution in [0.2, 0.25) is 0 Å². The molecule has 0 aliphatic rings. The first-order chi connectivity index (χ1) is 18.7. The Morgan fingerprint density at radius 1 is 0.872 bits per heavy atom. The van der Waals surface area contributed by atoms with Crippen molar-refractivity contribution in [3.05, 3.63) is 111 Å². The second-order valence-electron chi connectivity index (χ2n) is 8.82. The van der Waals surface area contributed by atoms with Gasteiger partial charge in [0.1, 0.15) is 23.1 Å². The van der Waals surface area contributed by atoms with Crippen molar-refractivity contribution in [3.63, 3.8) is 0 Å². The molecule has 1 amide bonds. The lowest BCUT2D eigenvalue weighted by Crippen LogP contribution is -2.21. The van der Waals surface area contributed by atoms with Gasteiger partial charge in [0, 0.05) is 28.3 Å². The maximum absolute atomic E-state index is 14.8. The number of carbonyl (C=O) groups is 1. The van der Waals surface area contributed by atoms with Gasteiger partial charge in [-0.25, -0.2) is 23.1 Å². The summed E-state index contributed by atoms with van der Waals surface area (Å²) in [6.45, 7) is 3.43. The van der Waals surface area contributed by atoms with Crippen LogP contribution >= 0.6 is 11.8 Å². The zero-order valence-electron chi connectivity index (χ0n) is 21.1. The van der Waals surface area contributed by atoms with E-state index in [0.717, 1.165) is 22.3 Å². The molecule has 0 fully saturated rings. The molecule has 2 aromatic heterocycles. The zero-order chi connectivity index (χ0) is 27.8. The van der Waals surface area contributed by atoms with E-state index in [1.165, 1.54) is 48.2 Å². The molecule has 5 aromatic rings. The van der Waals surface area contributed by atoms with E-state index >= 15 is 0 Å². The summed E-state index contributed by atoms with van der Waals surface area (Å²) in [5, 5.41) is 3.48. The first kappa shape index (κ1) is 26.2. The molecule has 0 aliphatic carbocycles. The second-order valence-corrected chi connectivity index (χ2v) is 9.59. The molecule has 0 bridgehead atoms. The average Bonchev–Trinajstić information content (AvgIpc) is 2.91. The van der Waals surface area contributed by atoms with Gasteiger partial charge in [0.15, 0.2) is 10.8 Å². The monoisotopic (exact) mass is 546 g/mol. The van der Waals surface area contributed by atoms with E-state index in [-0.39, 0.29) is 10.8 Å². The Morgan fingerprint density at radius 3 is 2.31 bits per heavy atom. The fourth-order valence-corrected chi connectivity index (χ4v) is 4.61. The molecule has 1 N–H and O–H groups in total. The third-order valence-electron chi connectivity index (χ3n) is 6.24. The number of thioether (sulfide) groups is 1. The lowest BCUT2D eigenvalue weighted by molar-refractivity contribution is 0.102. The van der Waals surface area contributed by atoms with Crippen molar-refractivity contribution >= 4 is 34.4 Å². The highest BCUT2D eigenvalue weighted by molar-refractivity contribution is 7.98. The minimum absolute atomic E-state index is 0.0384. The number of benzene rings is 3. The van der Waals surface area contributed by atoms with Crippen molar-refractivity contribution < 1.29 is 18.0 Å². The van der Waals surface area contributed by atoms with E-state index in [1.54, 1.807) is 31.4 Å². The lowest BCUT2D eigenvalue weighted by Gasteiger charge is -2.16. The zero-order valence-corrected chi connectivity index (χ0v) is 21.9. The van der Waals surface area contributed by atoms with Gasteiger partial charge in [-0.1, -0.05) is 23.9 Å². The number of halogens is 3. The van der Waals surface area contributed by atoms with Gasteiger partial charge in [0.25, 0.3) is 11.5 Å². The van der Waals surface area contributed by atoms with Gasteiger partial charge in [-0.3, -0.25) is 14.2 Å². The summed E-state index contributed by atoms with van der Waals surface area (Å²) in [6, 6.07) is 15.4. The number of hydrogen-bond donors (Lipinski definition) is 1. The molecule has 0 spiro atoms. The number of fused-ring (bicyclic) bond motifs is 1. The Hall–Kier alpha value is -4.44. The van der Waals surface area contributed by atoms with Crippen LogP contribution in [0.1, 0.15) is 21.5 Å².